The normalized spacial score (nSPS) is 14.5. The van der Waals surface area contributed by atoms with Crippen LogP contribution in [0.5, 0.6) is 5.75 Å². The molecule has 3 aromatic rings. The first-order valence-corrected chi connectivity index (χ1v) is 11.3. The molecule has 1 aromatic heterocycles. The maximum atomic E-state index is 12.9. The predicted molar refractivity (Wildman–Crippen MR) is 112 cm³/mol. The number of ether oxygens (including phenoxy) is 1. The molecule has 162 valence electrons. The Morgan fingerprint density at radius 3 is 2.68 bits per heavy atom. The van der Waals surface area contributed by atoms with Gasteiger partial charge in [0.25, 0.3) is 5.91 Å². The van der Waals surface area contributed by atoms with E-state index in [0.29, 0.717) is 41.8 Å². The van der Waals surface area contributed by atoms with Crippen LogP contribution in [0.4, 0.5) is 5.69 Å². The van der Waals surface area contributed by atoms with Gasteiger partial charge in [-0.15, -0.1) is 0 Å². The molecule has 0 bridgehead atoms. The number of sulfonamides is 1. The van der Waals surface area contributed by atoms with E-state index in [0.717, 1.165) is 12.8 Å². The number of para-hydroxylation sites is 1. The lowest BCUT2D eigenvalue weighted by Crippen LogP contribution is -2.27. The van der Waals surface area contributed by atoms with Crippen molar-refractivity contribution in [3.8, 4) is 5.75 Å². The van der Waals surface area contributed by atoms with E-state index in [9.17, 15) is 13.2 Å². The van der Waals surface area contributed by atoms with Crippen LogP contribution in [0.15, 0.2) is 57.9 Å². The highest BCUT2D eigenvalue weighted by molar-refractivity contribution is 7.89. The van der Waals surface area contributed by atoms with Gasteiger partial charge in [-0.05, 0) is 43.2 Å². The smallest absolute Gasteiger partial charge is 0.259 e. The Morgan fingerprint density at radius 2 is 1.94 bits per heavy atom. The van der Waals surface area contributed by atoms with Crippen molar-refractivity contribution in [1.29, 1.82) is 0 Å². The second-order valence-corrected chi connectivity index (χ2v) is 9.05. The van der Waals surface area contributed by atoms with Gasteiger partial charge in [-0.3, -0.25) is 4.79 Å². The molecule has 2 aromatic carbocycles. The van der Waals surface area contributed by atoms with Gasteiger partial charge < -0.3 is 14.6 Å². The zero-order chi connectivity index (χ0) is 21.8. The van der Waals surface area contributed by atoms with E-state index >= 15 is 0 Å². The van der Waals surface area contributed by atoms with Gasteiger partial charge in [-0.25, -0.2) is 8.42 Å². The topological polar surface area (TPSA) is 115 Å². The number of anilines is 1. The highest BCUT2D eigenvalue weighted by atomic mass is 32.2. The number of aryl methyl sites for hydroxylation is 1. The molecule has 0 unspecified atom stereocenters. The minimum atomic E-state index is -3.57. The van der Waals surface area contributed by atoms with Crippen molar-refractivity contribution < 1.29 is 22.5 Å². The number of carbonyl (C=O) groups is 1. The molecule has 0 saturated carbocycles. The van der Waals surface area contributed by atoms with E-state index in [1.54, 1.807) is 43.3 Å². The molecule has 31 heavy (non-hydrogen) atoms. The second kappa shape index (κ2) is 8.86. The zero-order valence-electron chi connectivity index (χ0n) is 16.9. The van der Waals surface area contributed by atoms with Gasteiger partial charge >= 0.3 is 0 Å². The van der Waals surface area contributed by atoms with Crippen molar-refractivity contribution in [2.75, 3.05) is 18.4 Å². The van der Waals surface area contributed by atoms with Crippen molar-refractivity contribution in [2.45, 2.75) is 31.3 Å². The first kappa shape index (κ1) is 21.0. The fourth-order valence-corrected chi connectivity index (χ4v) is 4.90. The molecular weight excluding hydrogens is 420 g/mol. The van der Waals surface area contributed by atoms with Gasteiger partial charge in [0.05, 0.1) is 10.5 Å². The van der Waals surface area contributed by atoms with Crippen LogP contribution in [0.2, 0.25) is 0 Å². The molecule has 9 nitrogen and oxygen atoms in total. The van der Waals surface area contributed by atoms with Crippen molar-refractivity contribution in [3.05, 3.63) is 65.8 Å². The number of rotatable bonds is 7. The average Bonchev–Trinajstić information content (AvgIpc) is 3.45. The maximum Gasteiger partial charge on any atom is 0.259 e. The number of aromatic nitrogens is 2. The van der Waals surface area contributed by atoms with Crippen LogP contribution in [0, 0.1) is 6.92 Å². The van der Waals surface area contributed by atoms with Gasteiger partial charge in [0.15, 0.2) is 6.61 Å². The third-order valence-corrected chi connectivity index (χ3v) is 6.75. The van der Waals surface area contributed by atoms with Crippen LogP contribution in [0.25, 0.3) is 0 Å². The third-order valence-electron chi connectivity index (χ3n) is 4.85. The first-order chi connectivity index (χ1) is 14.9. The van der Waals surface area contributed by atoms with Crippen LogP contribution in [-0.2, 0) is 16.6 Å². The molecule has 0 spiro atoms. The summed E-state index contributed by atoms with van der Waals surface area (Å²) in [4.78, 5) is 17.1. The van der Waals surface area contributed by atoms with E-state index in [4.69, 9.17) is 9.26 Å². The number of carbonyl (C=O) groups excluding carboxylic acids is 1. The molecule has 2 heterocycles. The minimum Gasteiger partial charge on any atom is -0.485 e. The largest absolute Gasteiger partial charge is 0.485 e. The Morgan fingerprint density at radius 1 is 1.16 bits per heavy atom. The summed E-state index contributed by atoms with van der Waals surface area (Å²) in [6.07, 6.45) is 1.71. The van der Waals surface area contributed by atoms with Crippen LogP contribution >= 0.6 is 0 Å². The van der Waals surface area contributed by atoms with E-state index in [2.05, 4.69) is 15.5 Å². The lowest BCUT2D eigenvalue weighted by Gasteiger charge is -2.16. The minimum absolute atomic E-state index is 0.0468. The Bertz CT molecular complexity index is 1190. The fourth-order valence-electron chi connectivity index (χ4n) is 3.33. The Kier molecular flexibility index (Phi) is 6.01. The van der Waals surface area contributed by atoms with E-state index in [-0.39, 0.29) is 11.5 Å². The molecular formula is C21H22N4O5S. The summed E-state index contributed by atoms with van der Waals surface area (Å²) in [6.45, 7) is 2.76. The number of amides is 1. The van der Waals surface area contributed by atoms with Gasteiger partial charge in [0.1, 0.15) is 5.75 Å². The number of hydrogen-bond donors (Lipinski definition) is 1. The number of nitrogens with zero attached hydrogens (tertiary/aromatic N) is 3. The molecule has 1 aliphatic rings. The molecule has 10 heteroatoms. The third kappa shape index (κ3) is 4.75. The summed E-state index contributed by atoms with van der Waals surface area (Å²) in [7, 11) is -3.57. The lowest BCUT2D eigenvalue weighted by molar-refractivity contribution is 0.102. The van der Waals surface area contributed by atoms with Crippen LogP contribution in [0.1, 0.15) is 34.9 Å². The van der Waals surface area contributed by atoms with E-state index in [1.807, 2.05) is 0 Å². The molecule has 0 radical (unpaired) electrons. The predicted octanol–water partition coefficient (Wildman–Crippen LogP) is 2.99. The number of benzene rings is 2. The van der Waals surface area contributed by atoms with Crippen LogP contribution in [-0.4, -0.2) is 41.9 Å². The Balaban J connectivity index is 1.50. The summed E-state index contributed by atoms with van der Waals surface area (Å²) in [6, 6.07) is 13.0. The van der Waals surface area contributed by atoms with Gasteiger partial charge in [-0.1, -0.05) is 23.4 Å². The van der Waals surface area contributed by atoms with Crippen LogP contribution < -0.4 is 10.1 Å². The Hall–Kier alpha value is -3.24. The first-order valence-electron chi connectivity index (χ1n) is 9.86. The lowest BCUT2D eigenvalue weighted by atomic mass is 10.2. The van der Waals surface area contributed by atoms with Crippen LogP contribution in [0.3, 0.4) is 0 Å². The molecule has 1 N–H and O–H groups in total. The summed E-state index contributed by atoms with van der Waals surface area (Å²) in [5, 5.41) is 6.52. The molecule has 1 saturated heterocycles. The molecule has 0 aliphatic carbocycles. The maximum absolute atomic E-state index is 12.9. The van der Waals surface area contributed by atoms with Gasteiger partial charge in [0, 0.05) is 25.7 Å². The highest BCUT2D eigenvalue weighted by Gasteiger charge is 2.27. The summed E-state index contributed by atoms with van der Waals surface area (Å²) in [5.41, 5.74) is 0.685. The highest BCUT2D eigenvalue weighted by Crippen LogP contribution is 2.25. The fraction of sp³-hybridized carbons (Fsp3) is 0.286. The molecule has 1 amide bonds. The Labute approximate surface area is 180 Å². The van der Waals surface area contributed by atoms with E-state index in [1.165, 1.54) is 16.4 Å². The number of hydrogen-bond acceptors (Lipinski definition) is 7. The molecule has 4 rings (SSSR count). The summed E-state index contributed by atoms with van der Waals surface area (Å²) >= 11 is 0. The van der Waals surface area contributed by atoms with Gasteiger partial charge in [-0.2, -0.15) is 9.29 Å². The second-order valence-electron chi connectivity index (χ2n) is 7.11. The SMILES string of the molecule is Cc1nc(COc2ccccc2C(=O)Nc2cccc(S(=O)(=O)N3CCCC3)c2)no1. The standard InChI is InChI=1S/C21H22N4O5S/c1-15-22-20(24-30-15)14-29-19-10-3-2-9-18(19)21(26)23-16-7-6-8-17(13-16)31(27,28)25-11-4-5-12-25/h2-3,6-10,13H,4-5,11-12,14H2,1H3,(H,23,26). The zero-order valence-corrected chi connectivity index (χ0v) is 17.8. The molecule has 1 fully saturated rings. The average molecular weight is 442 g/mol. The van der Waals surface area contributed by atoms with Crippen molar-refractivity contribution in [3.63, 3.8) is 0 Å². The van der Waals surface area contributed by atoms with Crippen molar-refractivity contribution in [2.24, 2.45) is 0 Å². The van der Waals surface area contributed by atoms with Crippen molar-refractivity contribution >= 4 is 21.6 Å². The molecule has 1 aliphatic heterocycles. The van der Waals surface area contributed by atoms with Crippen molar-refractivity contribution in [1.82, 2.24) is 14.4 Å². The summed E-state index contributed by atoms with van der Waals surface area (Å²) < 4.78 is 37.7. The molecule has 0 atom stereocenters. The summed E-state index contributed by atoms with van der Waals surface area (Å²) in [5.74, 6) is 0.722. The van der Waals surface area contributed by atoms with E-state index < -0.39 is 15.9 Å². The number of nitrogens with one attached hydrogen (secondary N) is 1. The monoisotopic (exact) mass is 442 g/mol. The quantitative estimate of drug-likeness (QED) is 0.598. The van der Waals surface area contributed by atoms with Gasteiger partial charge in [0.2, 0.25) is 21.7 Å².